The molecule has 0 bridgehead atoms. The Balaban J connectivity index is 2.30. The molecular weight excluding hydrogens is 222 g/mol. The van der Waals surface area contributed by atoms with Crippen molar-refractivity contribution in [1.29, 1.82) is 0 Å². The van der Waals surface area contributed by atoms with E-state index in [-0.39, 0.29) is 5.97 Å². The topological polar surface area (TPSA) is 39.2 Å². The monoisotopic (exact) mass is 232 g/mol. The molecule has 1 heterocycles. The van der Waals surface area contributed by atoms with E-state index in [0.717, 1.165) is 11.3 Å². The SMILES string of the molecule is CCOC(=O)c1cccc(-c2cs[c]n2)c1. The summed E-state index contributed by atoms with van der Waals surface area (Å²) in [6.07, 6.45) is 0. The molecule has 0 fully saturated rings. The Morgan fingerprint density at radius 3 is 3.12 bits per heavy atom. The van der Waals surface area contributed by atoms with Gasteiger partial charge in [-0.25, -0.2) is 9.78 Å². The number of carbonyl (C=O) groups excluding carboxylic acids is 1. The second kappa shape index (κ2) is 4.90. The zero-order valence-electron chi connectivity index (χ0n) is 8.77. The van der Waals surface area contributed by atoms with Gasteiger partial charge in [-0.2, -0.15) is 0 Å². The molecule has 81 valence electrons. The van der Waals surface area contributed by atoms with Crippen molar-refractivity contribution in [1.82, 2.24) is 4.98 Å². The number of thiazole rings is 1. The molecule has 0 unspecified atom stereocenters. The maximum Gasteiger partial charge on any atom is 0.338 e. The normalized spacial score (nSPS) is 10.1. The minimum atomic E-state index is -0.302. The lowest BCUT2D eigenvalue weighted by atomic mass is 10.1. The van der Waals surface area contributed by atoms with Gasteiger partial charge in [0.25, 0.3) is 0 Å². The number of carbonyl (C=O) groups is 1. The first-order chi connectivity index (χ1) is 7.81. The number of rotatable bonds is 3. The second-order valence-corrected chi connectivity index (χ2v) is 3.78. The van der Waals surface area contributed by atoms with Crippen molar-refractivity contribution in [3.63, 3.8) is 0 Å². The molecule has 0 atom stereocenters. The van der Waals surface area contributed by atoms with Crippen molar-refractivity contribution >= 4 is 17.3 Å². The third-order valence-electron chi connectivity index (χ3n) is 2.06. The van der Waals surface area contributed by atoms with Crippen LogP contribution in [0.3, 0.4) is 0 Å². The van der Waals surface area contributed by atoms with Crippen LogP contribution >= 0.6 is 11.3 Å². The van der Waals surface area contributed by atoms with E-state index in [1.54, 1.807) is 19.1 Å². The first-order valence-corrected chi connectivity index (χ1v) is 5.78. The van der Waals surface area contributed by atoms with E-state index in [1.807, 2.05) is 17.5 Å². The summed E-state index contributed by atoms with van der Waals surface area (Å²) in [6, 6.07) is 7.24. The van der Waals surface area contributed by atoms with Crippen LogP contribution in [0, 0.1) is 5.51 Å². The van der Waals surface area contributed by atoms with Crippen LogP contribution < -0.4 is 0 Å². The van der Waals surface area contributed by atoms with Crippen molar-refractivity contribution in [3.05, 3.63) is 40.7 Å². The number of hydrogen-bond acceptors (Lipinski definition) is 4. The minimum absolute atomic E-state index is 0.302. The summed E-state index contributed by atoms with van der Waals surface area (Å²) in [5.41, 5.74) is 5.06. The van der Waals surface area contributed by atoms with Crippen molar-refractivity contribution in [2.24, 2.45) is 0 Å². The van der Waals surface area contributed by atoms with Gasteiger partial charge in [0, 0.05) is 10.9 Å². The molecule has 2 rings (SSSR count). The zero-order chi connectivity index (χ0) is 11.4. The van der Waals surface area contributed by atoms with Crippen LogP contribution in [-0.4, -0.2) is 17.6 Å². The molecule has 0 aliphatic rings. The fourth-order valence-corrected chi connectivity index (χ4v) is 1.84. The fourth-order valence-electron chi connectivity index (χ4n) is 1.34. The number of nitrogens with zero attached hydrogens (tertiary/aromatic N) is 1. The largest absolute Gasteiger partial charge is 0.462 e. The van der Waals surface area contributed by atoms with Gasteiger partial charge in [-0.3, -0.25) is 0 Å². The van der Waals surface area contributed by atoms with E-state index in [0.29, 0.717) is 12.2 Å². The van der Waals surface area contributed by atoms with Crippen LogP contribution in [0.25, 0.3) is 11.3 Å². The van der Waals surface area contributed by atoms with Gasteiger partial charge in [-0.05, 0) is 19.1 Å². The summed E-state index contributed by atoms with van der Waals surface area (Å²) in [5, 5.41) is 1.89. The third kappa shape index (κ3) is 2.28. The van der Waals surface area contributed by atoms with E-state index < -0.39 is 0 Å². The first-order valence-electron chi connectivity index (χ1n) is 4.90. The Bertz CT molecular complexity index is 480. The molecule has 16 heavy (non-hydrogen) atoms. The van der Waals surface area contributed by atoms with Gasteiger partial charge >= 0.3 is 5.97 Å². The number of benzene rings is 1. The van der Waals surface area contributed by atoms with Crippen molar-refractivity contribution < 1.29 is 9.53 Å². The summed E-state index contributed by atoms with van der Waals surface area (Å²) < 4.78 is 4.94. The van der Waals surface area contributed by atoms with E-state index in [1.165, 1.54) is 11.3 Å². The highest BCUT2D eigenvalue weighted by Gasteiger charge is 2.08. The maximum absolute atomic E-state index is 11.5. The van der Waals surface area contributed by atoms with Crippen LogP contribution in [0.1, 0.15) is 17.3 Å². The lowest BCUT2D eigenvalue weighted by molar-refractivity contribution is 0.0526. The van der Waals surface area contributed by atoms with Crippen LogP contribution in [0.2, 0.25) is 0 Å². The van der Waals surface area contributed by atoms with Crippen molar-refractivity contribution in [3.8, 4) is 11.3 Å². The number of hydrogen-bond donors (Lipinski definition) is 0. The Morgan fingerprint density at radius 1 is 1.56 bits per heavy atom. The fraction of sp³-hybridized carbons (Fsp3) is 0.167. The Labute approximate surface area is 97.7 Å². The first kappa shape index (κ1) is 10.8. The molecule has 0 N–H and O–H groups in total. The average Bonchev–Trinajstić information content (AvgIpc) is 2.83. The standard InChI is InChI=1S/C12H10NO2S/c1-2-15-12(14)10-5-3-4-9(6-10)11-7-16-8-13-11/h3-7H,2H2,1H3. The highest BCUT2D eigenvalue weighted by Crippen LogP contribution is 2.20. The van der Waals surface area contributed by atoms with Crippen molar-refractivity contribution in [2.75, 3.05) is 6.61 Å². The van der Waals surface area contributed by atoms with E-state index in [4.69, 9.17) is 4.74 Å². The zero-order valence-corrected chi connectivity index (χ0v) is 9.58. The Kier molecular flexibility index (Phi) is 3.31. The molecule has 0 saturated heterocycles. The molecule has 0 amide bonds. The third-order valence-corrected chi connectivity index (χ3v) is 2.60. The predicted molar refractivity (Wildman–Crippen MR) is 62.3 cm³/mol. The number of ether oxygens (including phenoxy) is 1. The lowest BCUT2D eigenvalue weighted by Crippen LogP contribution is -2.04. The molecule has 1 aromatic heterocycles. The van der Waals surface area contributed by atoms with E-state index >= 15 is 0 Å². The Hall–Kier alpha value is -1.68. The number of esters is 1. The molecule has 0 aliphatic carbocycles. The highest BCUT2D eigenvalue weighted by atomic mass is 32.1. The quantitative estimate of drug-likeness (QED) is 0.764. The average molecular weight is 232 g/mol. The maximum atomic E-state index is 11.5. The second-order valence-electron chi connectivity index (χ2n) is 3.13. The molecule has 2 aromatic rings. The van der Waals surface area contributed by atoms with Crippen LogP contribution in [0.15, 0.2) is 29.6 Å². The van der Waals surface area contributed by atoms with Crippen LogP contribution in [0.4, 0.5) is 0 Å². The van der Waals surface area contributed by atoms with Gasteiger partial charge in [-0.1, -0.05) is 12.1 Å². The lowest BCUT2D eigenvalue weighted by Gasteiger charge is -2.03. The molecule has 0 saturated carbocycles. The summed E-state index contributed by atoms with van der Waals surface area (Å²) in [4.78, 5) is 15.6. The Morgan fingerprint density at radius 2 is 2.44 bits per heavy atom. The molecule has 1 aromatic carbocycles. The van der Waals surface area contributed by atoms with E-state index in [9.17, 15) is 4.79 Å². The van der Waals surface area contributed by atoms with Gasteiger partial charge in [0.15, 0.2) is 5.51 Å². The molecule has 0 aliphatic heterocycles. The molecular formula is C12H10NO2S. The number of aromatic nitrogens is 1. The molecule has 4 heteroatoms. The smallest absolute Gasteiger partial charge is 0.338 e. The van der Waals surface area contributed by atoms with Gasteiger partial charge in [-0.15, -0.1) is 11.3 Å². The van der Waals surface area contributed by atoms with Crippen LogP contribution in [0.5, 0.6) is 0 Å². The highest BCUT2D eigenvalue weighted by molar-refractivity contribution is 7.07. The van der Waals surface area contributed by atoms with Gasteiger partial charge in [0.1, 0.15) is 0 Å². The van der Waals surface area contributed by atoms with Gasteiger partial charge in [0.05, 0.1) is 17.9 Å². The van der Waals surface area contributed by atoms with Crippen LogP contribution in [-0.2, 0) is 4.74 Å². The summed E-state index contributed by atoms with van der Waals surface area (Å²) in [6.45, 7) is 2.17. The minimum Gasteiger partial charge on any atom is -0.462 e. The summed E-state index contributed by atoms with van der Waals surface area (Å²) in [5.74, 6) is -0.302. The van der Waals surface area contributed by atoms with Gasteiger partial charge in [0.2, 0.25) is 0 Å². The molecule has 1 radical (unpaired) electrons. The summed E-state index contributed by atoms with van der Waals surface area (Å²) in [7, 11) is 0. The summed E-state index contributed by atoms with van der Waals surface area (Å²) >= 11 is 1.41. The van der Waals surface area contributed by atoms with Crippen molar-refractivity contribution in [2.45, 2.75) is 6.92 Å². The van der Waals surface area contributed by atoms with Gasteiger partial charge < -0.3 is 4.74 Å². The predicted octanol–water partition coefficient (Wildman–Crippen LogP) is 2.79. The molecule has 0 spiro atoms. The molecule has 3 nitrogen and oxygen atoms in total. The van der Waals surface area contributed by atoms with E-state index in [2.05, 4.69) is 10.5 Å².